The SMILES string of the molecule is O=C1CCCCCCCC1[N+](=O)[O-]. The summed E-state index contributed by atoms with van der Waals surface area (Å²) in [6.45, 7) is 0. The van der Waals surface area contributed by atoms with Gasteiger partial charge in [0.1, 0.15) is 0 Å². The van der Waals surface area contributed by atoms with Crippen LogP contribution in [0.3, 0.4) is 0 Å². The summed E-state index contributed by atoms with van der Waals surface area (Å²) in [5.41, 5.74) is 0. The molecule has 74 valence electrons. The number of hydrogen-bond donors (Lipinski definition) is 0. The minimum absolute atomic E-state index is 0.174. The number of nitro groups is 1. The summed E-state index contributed by atoms with van der Waals surface area (Å²) >= 11 is 0. The van der Waals surface area contributed by atoms with Crippen molar-refractivity contribution in [1.82, 2.24) is 0 Å². The highest BCUT2D eigenvalue weighted by atomic mass is 16.6. The molecule has 4 nitrogen and oxygen atoms in total. The van der Waals surface area contributed by atoms with Gasteiger partial charge in [-0.3, -0.25) is 14.9 Å². The molecular weight excluding hydrogens is 170 g/mol. The highest BCUT2D eigenvalue weighted by Crippen LogP contribution is 2.16. The molecule has 0 spiro atoms. The molecule has 0 amide bonds. The van der Waals surface area contributed by atoms with Crippen molar-refractivity contribution < 1.29 is 9.72 Å². The number of rotatable bonds is 1. The number of Topliss-reactive ketones (excluding diaryl/α,β-unsaturated/α-hetero) is 1. The van der Waals surface area contributed by atoms with Gasteiger partial charge in [-0.1, -0.05) is 19.3 Å². The Hall–Kier alpha value is -0.930. The summed E-state index contributed by atoms with van der Waals surface area (Å²) in [5, 5.41) is 10.5. The lowest BCUT2D eigenvalue weighted by atomic mass is 10.0. The predicted octanol–water partition coefficient (Wildman–Crippen LogP) is 1.95. The standard InChI is InChI=1S/C9H15NO3/c11-9-7-5-3-1-2-4-6-8(9)10(12)13/h8H,1-7H2. The van der Waals surface area contributed by atoms with Gasteiger partial charge in [0.15, 0.2) is 0 Å². The van der Waals surface area contributed by atoms with Crippen LogP contribution >= 0.6 is 0 Å². The van der Waals surface area contributed by atoms with E-state index in [-0.39, 0.29) is 5.78 Å². The number of carbonyl (C=O) groups excluding carboxylic acids is 1. The van der Waals surface area contributed by atoms with Crippen LogP contribution in [0.15, 0.2) is 0 Å². The molecule has 0 radical (unpaired) electrons. The Bertz CT molecular complexity index is 203. The number of ketones is 1. The van der Waals surface area contributed by atoms with Crippen LogP contribution in [0.2, 0.25) is 0 Å². The summed E-state index contributed by atoms with van der Waals surface area (Å²) in [6.07, 6.45) is 5.64. The summed E-state index contributed by atoms with van der Waals surface area (Å²) in [7, 11) is 0. The van der Waals surface area contributed by atoms with E-state index in [4.69, 9.17) is 0 Å². The first kappa shape index (κ1) is 10.2. The first-order valence-electron chi connectivity index (χ1n) is 4.88. The van der Waals surface area contributed by atoms with Crippen molar-refractivity contribution in [2.75, 3.05) is 0 Å². The van der Waals surface area contributed by atoms with E-state index in [2.05, 4.69) is 0 Å². The molecule has 0 aromatic carbocycles. The molecule has 1 atom stereocenters. The molecule has 1 unspecified atom stereocenters. The second-order valence-electron chi connectivity index (χ2n) is 3.57. The van der Waals surface area contributed by atoms with Crippen molar-refractivity contribution >= 4 is 5.78 Å². The highest BCUT2D eigenvalue weighted by molar-refractivity contribution is 5.82. The lowest BCUT2D eigenvalue weighted by molar-refractivity contribution is -0.508. The monoisotopic (exact) mass is 185 g/mol. The Morgan fingerprint density at radius 3 is 2.46 bits per heavy atom. The number of nitrogens with zero attached hydrogens (tertiary/aromatic N) is 1. The smallest absolute Gasteiger partial charge is 0.270 e. The zero-order valence-corrected chi connectivity index (χ0v) is 7.70. The van der Waals surface area contributed by atoms with E-state index < -0.39 is 11.0 Å². The van der Waals surface area contributed by atoms with Gasteiger partial charge in [-0.05, 0) is 12.8 Å². The van der Waals surface area contributed by atoms with E-state index in [1.54, 1.807) is 0 Å². The van der Waals surface area contributed by atoms with Crippen LogP contribution in [0, 0.1) is 10.1 Å². The van der Waals surface area contributed by atoms with Crippen molar-refractivity contribution in [2.24, 2.45) is 0 Å². The molecule has 1 rings (SSSR count). The van der Waals surface area contributed by atoms with E-state index in [9.17, 15) is 14.9 Å². The van der Waals surface area contributed by atoms with Crippen LogP contribution in [0.1, 0.15) is 44.9 Å². The molecule has 1 fully saturated rings. The molecule has 0 aromatic rings. The van der Waals surface area contributed by atoms with Gasteiger partial charge in [0.05, 0.1) is 0 Å². The second kappa shape index (κ2) is 4.94. The van der Waals surface area contributed by atoms with Gasteiger partial charge in [-0.25, -0.2) is 0 Å². The third-order valence-corrected chi connectivity index (χ3v) is 2.53. The summed E-state index contributed by atoms with van der Waals surface area (Å²) in [4.78, 5) is 21.4. The molecule has 0 saturated heterocycles. The van der Waals surface area contributed by atoms with Crippen LogP contribution in [0.5, 0.6) is 0 Å². The number of carbonyl (C=O) groups is 1. The molecule has 0 aromatic heterocycles. The van der Waals surface area contributed by atoms with Crippen LogP contribution in [0.4, 0.5) is 0 Å². The van der Waals surface area contributed by atoms with Crippen molar-refractivity contribution in [2.45, 2.75) is 51.0 Å². The Labute approximate surface area is 77.5 Å². The summed E-state index contributed by atoms with van der Waals surface area (Å²) in [6, 6.07) is -0.918. The maximum atomic E-state index is 11.3. The molecule has 0 bridgehead atoms. The molecule has 0 aliphatic heterocycles. The fourth-order valence-corrected chi connectivity index (χ4v) is 1.72. The summed E-state index contributed by atoms with van der Waals surface area (Å²) < 4.78 is 0. The highest BCUT2D eigenvalue weighted by Gasteiger charge is 2.28. The average Bonchev–Trinajstić information content (AvgIpc) is 2.16. The molecule has 13 heavy (non-hydrogen) atoms. The van der Waals surface area contributed by atoms with Gasteiger partial charge < -0.3 is 0 Å². The quantitative estimate of drug-likeness (QED) is 0.463. The van der Waals surface area contributed by atoms with Crippen molar-refractivity contribution in [3.63, 3.8) is 0 Å². The Morgan fingerprint density at radius 2 is 1.77 bits per heavy atom. The van der Waals surface area contributed by atoms with Crippen molar-refractivity contribution in [1.29, 1.82) is 0 Å². The molecular formula is C9H15NO3. The number of hydrogen-bond acceptors (Lipinski definition) is 3. The van der Waals surface area contributed by atoms with E-state index in [1.165, 1.54) is 0 Å². The van der Waals surface area contributed by atoms with E-state index in [0.29, 0.717) is 12.8 Å². The van der Waals surface area contributed by atoms with Crippen LogP contribution in [-0.2, 0) is 4.79 Å². The van der Waals surface area contributed by atoms with Crippen LogP contribution < -0.4 is 0 Å². The van der Waals surface area contributed by atoms with E-state index in [1.807, 2.05) is 0 Å². The van der Waals surface area contributed by atoms with Gasteiger partial charge in [-0.2, -0.15) is 0 Å². The van der Waals surface area contributed by atoms with E-state index >= 15 is 0 Å². The van der Waals surface area contributed by atoms with Gasteiger partial charge in [0.2, 0.25) is 5.78 Å². The van der Waals surface area contributed by atoms with Gasteiger partial charge in [0.25, 0.3) is 6.04 Å². The second-order valence-corrected chi connectivity index (χ2v) is 3.57. The minimum Gasteiger partial charge on any atom is -0.292 e. The minimum atomic E-state index is -0.918. The molecule has 0 heterocycles. The zero-order chi connectivity index (χ0) is 9.68. The van der Waals surface area contributed by atoms with Gasteiger partial charge in [0, 0.05) is 17.8 Å². The largest absolute Gasteiger partial charge is 0.292 e. The Balaban J connectivity index is 2.55. The maximum absolute atomic E-state index is 11.3. The van der Waals surface area contributed by atoms with Crippen LogP contribution in [0.25, 0.3) is 0 Å². The normalized spacial score (nSPS) is 25.8. The van der Waals surface area contributed by atoms with Gasteiger partial charge >= 0.3 is 0 Å². The average molecular weight is 185 g/mol. The molecule has 1 aliphatic rings. The maximum Gasteiger partial charge on any atom is 0.270 e. The molecule has 0 N–H and O–H groups in total. The molecule has 1 aliphatic carbocycles. The Kier molecular flexibility index (Phi) is 3.86. The van der Waals surface area contributed by atoms with E-state index in [0.717, 1.165) is 32.1 Å². The predicted molar refractivity (Wildman–Crippen MR) is 48.1 cm³/mol. The first-order chi connectivity index (χ1) is 6.22. The van der Waals surface area contributed by atoms with Crippen LogP contribution in [-0.4, -0.2) is 16.7 Å². The molecule has 1 saturated carbocycles. The topological polar surface area (TPSA) is 60.2 Å². The third kappa shape index (κ3) is 3.13. The zero-order valence-electron chi connectivity index (χ0n) is 7.70. The summed E-state index contributed by atoms with van der Waals surface area (Å²) in [5.74, 6) is -0.174. The third-order valence-electron chi connectivity index (χ3n) is 2.53. The lowest BCUT2D eigenvalue weighted by Gasteiger charge is -2.05. The Morgan fingerprint density at radius 1 is 1.15 bits per heavy atom. The fourth-order valence-electron chi connectivity index (χ4n) is 1.72. The fraction of sp³-hybridized carbons (Fsp3) is 0.889. The van der Waals surface area contributed by atoms with Gasteiger partial charge in [-0.15, -0.1) is 0 Å². The van der Waals surface area contributed by atoms with Crippen molar-refractivity contribution in [3.8, 4) is 0 Å². The lowest BCUT2D eigenvalue weighted by Crippen LogP contribution is -2.29. The molecule has 4 heteroatoms. The first-order valence-corrected chi connectivity index (χ1v) is 4.88. The van der Waals surface area contributed by atoms with Crippen molar-refractivity contribution in [3.05, 3.63) is 10.1 Å².